The van der Waals surface area contributed by atoms with E-state index >= 15 is 0 Å². The van der Waals surface area contributed by atoms with Gasteiger partial charge in [-0.15, -0.1) is 0 Å². The van der Waals surface area contributed by atoms with E-state index in [0.717, 1.165) is 16.0 Å². The molecule has 0 fully saturated rings. The van der Waals surface area contributed by atoms with Gasteiger partial charge in [-0.1, -0.05) is 88.4 Å². The first-order valence-corrected chi connectivity index (χ1v) is 19.6. The fourth-order valence-electron chi connectivity index (χ4n) is 4.65. The van der Waals surface area contributed by atoms with Gasteiger partial charge in [0, 0.05) is 108 Å². The van der Waals surface area contributed by atoms with Gasteiger partial charge < -0.3 is 33.9 Å². The number of amides is 2. The molecule has 0 aromatic heterocycles. The Morgan fingerprint density at radius 2 is 0.966 bits per heavy atom. The Kier molecular flexibility index (Phi) is 9.43. The number of hydrogen-bond acceptors (Lipinski definition) is 12. The largest absolute Gasteiger partial charge is 0.480 e. The molecule has 15 nitrogen and oxygen atoms in total. The van der Waals surface area contributed by atoms with Gasteiger partial charge in [0.15, 0.2) is 6.10 Å². The van der Waals surface area contributed by atoms with Gasteiger partial charge >= 0.3 is 36.1 Å². The molecular formula is C44H132N2O13. The van der Waals surface area contributed by atoms with Crippen LogP contribution in [-0.4, -0.2) is 106 Å². The average molecular weight is 961 g/mol. The first-order chi connectivity index (χ1) is 58.1. The second-order valence-corrected chi connectivity index (χ2v) is 16.8. The van der Waals surface area contributed by atoms with Gasteiger partial charge in [-0.3, -0.25) is 9.80 Å². The molecule has 4 atom stereocenters. The average Bonchev–Trinajstić information content (AvgIpc) is 0.861. The Morgan fingerprint density at radius 1 is 0.610 bits per heavy atom. The molecule has 0 saturated carbocycles. The standard InChI is InChI=1S/C22H33NO6.C12H23NO4.C10H12O3.32H2/c1-15(2)13-18(23(7)21(26)29-22(4,5)6)20(25)28-16(3)19(24)27-14-17-11-9-8-10-12-17;1-8(2)7-9(10(14)15)13(6)11(16)17-12(3,4)5;1-8(11)10(12)13-7-9-5-3-2-4-6-9;;;;;;;;;;;;;;;;;;;;;;;;;;;;;;;;/h8-12,15-16,18H,13-14H2,1-7H3;8-9H,7H2,1-6H3,(H,14,15);2-6,8,11H,7H2,1H3;32*1H/t16-,18-;9-;8-;;;;;;;;;;;;;;;;;;;;;;;;;;;;;;;;/m110................................/s1/i;;;31*1+1D;1+1. The minimum absolute atomic E-state index is 0. The molecule has 59 heavy (non-hydrogen) atoms. The fraction of sp³-hybridized carbons (Fsp3) is 0.591. The molecule has 15 heteroatoms. The fourth-order valence-corrected chi connectivity index (χ4v) is 4.65. The molecule has 2 aromatic rings. The van der Waals surface area contributed by atoms with Crippen molar-refractivity contribution >= 4 is 36.1 Å². The van der Waals surface area contributed by atoms with Crippen molar-refractivity contribution in [2.24, 2.45) is 11.8 Å². The number of ether oxygens (including phenoxy) is 5. The van der Waals surface area contributed by atoms with Crippen molar-refractivity contribution < 1.29 is 156 Å². The third-order valence-corrected chi connectivity index (χ3v) is 7.66. The molecule has 2 aromatic carbocycles. The Balaban J connectivity index is -0.0000000242. The lowest BCUT2D eigenvalue weighted by atomic mass is 10.0. The van der Waals surface area contributed by atoms with Crippen LogP contribution in [0.3, 0.4) is 0 Å². The smallest absolute Gasteiger partial charge is 0.410 e. The molecule has 2 rings (SSSR count). The lowest BCUT2D eigenvalue weighted by Gasteiger charge is -2.30. The second-order valence-electron chi connectivity index (χ2n) is 16.8. The van der Waals surface area contributed by atoms with Crippen LogP contribution in [0.4, 0.5) is 9.59 Å². The van der Waals surface area contributed by atoms with Crippen molar-refractivity contribution in [2.75, 3.05) is 14.1 Å². The predicted molar refractivity (Wildman–Crippen MR) is 289 cm³/mol. The Morgan fingerprint density at radius 3 is 1.31 bits per heavy atom. The number of nitrogens with zero attached hydrogens (tertiary/aromatic N) is 2. The molecule has 0 unspecified atom stereocenters. The second kappa shape index (κ2) is 26.0. The molecule has 2 N–H and O–H groups in total. The molecular weight excluding hydrogens is 764 g/mol. The maximum Gasteiger partial charge on any atom is 0.410 e. The molecule has 2 amide bonds. The molecule has 0 bridgehead atoms. The number of benzene rings is 2. The van der Waals surface area contributed by atoms with Crippen LogP contribution < -0.4 is 0 Å². The number of rotatable bonds is 15. The third kappa shape index (κ3) is 24.4. The number of carboxylic acid groups (broad SMARTS) is 1. The van der Waals surface area contributed by atoms with Crippen LogP contribution in [-0.2, 0) is 56.1 Å². The quantitative estimate of drug-likeness (QED) is 0.126. The van der Waals surface area contributed by atoms with E-state index in [-0.39, 0.29) is 26.5 Å². The summed E-state index contributed by atoms with van der Waals surface area (Å²) < 4.78 is 336. The van der Waals surface area contributed by atoms with E-state index in [2.05, 4.69) is 0 Å². The molecule has 0 aliphatic heterocycles. The molecule has 0 saturated heterocycles. The topological polar surface area (TPSA) is 196 Å². The maximum absolute atomic E-state index is 12.7. The minimum Gasteiger partial charge on any atom is -0.480 e. The number of likely N-dealkylation sites (N-methyl/N-ethyl adjacent to an activating group) is 2. The van der Waals surface area contributed by atoms with Gasteiger partial charge in [-0.05, 0) is 91.2 Å². The van der Waals surface area contributed by atoms with Crippen molar-refractivity contribution in [3.8, 4) is 0 Å². The summed E-state index contributed by atoms with van der Waals surface area (Å²) in [4.78, 5) is 73.3. The van der Waals surface area contributed by atoms with E-state index in [0.29, 0.717) is 12.8 Å². The molecule has 0 heterocycles. The Labute approximate surface area is 447 Å². The summed E-state index contributed by atoms with van der Waals surface area (Å²) in [6, 6.07) is 16.8. The monoisotopic (exact) mass is 960 g/mol. The number of aliphatic hydroxyl groups excluding tert-OH is 1. The first-order valence-electron chi connectivity index (χ1n) is 50.6. The summed E-state index contributed by atoms with van der Waals surface area (Å²) in [5.41, 5.74) is 0.441. The Hall–Kier alpha value is -5.18. The van der Waals surface area contributed by atoms with E-state index in [1.165, 1.54) is 32.8 Å². The Bertz CT molecular complexity index is 1710. The summed E-state index contributed by atoms with van der Waals surface area (Å²) >= 11 is 0. The number of aliphatic carboxylic acids is 1. The highest BCUT2D eigenvalue weighted by Crippen LogP contribution is 2.18. The van der Waals surface area contributed by atoms with Crippen molar-refractivity contribution in [3.05, 3.63) is 71.8 Å². The van der Waals surface area contributed by atoms with Crippen LogP contribution in [0.15, 0.2) is 60.7 Å². The number of carboxylic acids is 1. The predicted octanol–water partition coefficient (Wildman–Crippen LogP) is 15.3. The van der Waals surface area contributed by atoms with Gasteiger partial charge in [0.25, 0.3) is 0 Å². The van der Waals surface area contributed by atoms with Crippen molar-refractivity contribution in [1.29, 1.82) is 0 Å². The number of esters is 3. The van der Waals surface area contributed by atoms with Crippen LogP contribution in [0, 0.1) is 11.8 Å². The van der Waals surface area contributed by atoms with E-state index in [4.69, 9.17) is 126 Å². The van der Waals surface area contributed by atoms with Crippen LogP contribution >= 0.6 is 0 Å². The van der Waals surface area contributed by atoms with Crippen LogP contribution in [0.25, 0.3) is 0 Å². The number of aliphatic hydroxyl groups is 1. The molecule has 0 spiro atoms. The number of hydrogen-bond donors (Lipinski definition) is 2. The summed E-state index contributed by atoms with van der Waals surface area (Å²) in [6.45, 7) is 21.3. The lowest BCUT2D eigenvalue weighted by molar-refractivity contribution is -0.170. The normalized spacial score (nSPS) is 17.3. The summed E-state index contributed by atoms with van der Waals surface area (Å²) in [7, 11) is 2.94. The van der Waals surface area contributed by atoms with Crippen LogP contribution in [0.1, 0.15) is 201 Å². The van der Waals surface area contributed by atoms with Gasteiger partial charge in [-0.2, -0.15) is 0 Å². The number of carbonyl (C=O) groups excluding carboxylic acids is 5. The molecule has 396 valence electrons. The highest BCUT2D eigenvalue weighted by molar-refractivity contribution is 5.84. The van der Waals surface area contributed by atoms with E-state index in [1.54, 1.807) is 41.5 Å². The van der Waals surface area contributed by atoms with E-state index in [9.17, 15) is 28.8 Å². The van der Waals surface area contributed by atoms with E-state index in [1.807, 2.05) is 88.4 Å². The minimum atomic E-state index is -1.09. The summed E-state index contributed by atoms with van der Waals surface area (Å²) in [5.74, 6) is -2.60. The molecule has 0 aliphatic rings. The first kappa shape index (κ1) is 21.4. The summed E-state index contributed by atoms with van der Waals surface area (Å²) in [6.07, 6.45) is -2.59. The zero-order valence-electron chi connectivity index (χ0n) is 99.3. The van der Waals surface area contributed by atoms with Crippen molar-refractivity contribution in [1.82, 2.24) is 9.80 Å². The zero-order valence-corrected chi connectivity index (χ0v) is 37.3. The van der Waals surface area contributed by atoms with Gasteiger partial charge in [0.2, 0.25) is 0 Å². The SMILES string of the molecule is CC(C)C[C@H](C(=O)O)N(C)C(=O)OC(C)(C)C.CC(C)C[C@H](C(=O)O[C@H](C)C(=O)OCc1ccccc1)N(C)C(=O)OC(C)(C)C.C[C@H](O)C(=O)OCc1ccccc1.[2HH].[2H][2H].[2H][2H].[2H][2H].[2H][2H].[2H][2H].[2H][2H].[2H][2H].[2H][2H].[2H][2H].[2H][2H].[2H][2H].[2H][2H].[2H][2H].[2H][2H].[2H][2H].[2H][2H].[2H][2H].[2H][2H].[2H][2H].[2H][2H].[2H][2H].[2H][2H].[2H][2H].[2H][2H].[2H][2H].[2H][2H].[2H][2H].[2H][2H].[2H][2H].[2H][2H].[2H][2H]. The third-order valence-electron chi connectivity index (χ3n) is 7.66. The maximum atomic E-state index is 12.7. The number of carbonyl (C=O) groups is 6. The van der Waals surface area contributed by atoms with Crippen molar-refractivity contribution in [3.63, 3.8) is 0 Å². The molecule has 0 radical (unpaired) electrons. The van der Waals surface area contributed by atoms with Crippen LogP contribution in [0.2, 0.25) is 0 Å². The van der Waals surface area contributed by atoms with Crippen molar-refractivity contribution in [2.45, 2.75) is 145 Å². The van der Waals surface area contributed by atoms with Gasteiger partial charge in [0.05, 0.1) is 0 Å². The van der Waals surface area contributed by atoms with E-state index < -0.39 is 71.6 Å². The van der Waals surface area contributed by atoms with Crippen LogP contribution in [0.5, 0.6) is 0 Å². The highest BCUT2D eigenvalue weighted by Gasteiger charge is 2.34. The zero-order chi connectivity index (χ0) is 108. The van der Waals surface area contributed by atoms with Gasteiger partial charge in [-0.25, -0.2) is 28.8 Å². The summed E-state index contributed by atoms with van der Waals surface area (Å²) in [5, 5.41) is 17.9. The highest BCUT2D eigenvalue weighted by atomic mass is 16.6. The van der Waals surface area contributed by atoms with Gasteiger partial charge in [0.1, 0.15) is 42.6 Å². The molecule has 0 aliphatic carbocycles. The lowest BCUT2D eigenvalue weighted by Crippen LogP contribution is -2.47.